The van der Waals surface area contributed by atoms with Crippen molar-refractivity contribution in [2.45, 2.75) is 31.9 Å². The molecule has 0 spiro atoms. The standard InChI is InChI=1S/C10H10F3NO/c11-10(12,13)9(15)8-5-6-3-1-2-4-7(6)14-8/h5,14H,1-4H2. The molecule has 1 aromatic heterocycles. The van der Waals surface area contributed by atoms with E-state index in [1.54, 1.807) is 0 Å². The van der Waals surface area contributed by atoms with Crippen molar-refractivity contribution < 1.29 is 18.0 Å². The molecule has 2 nitrogen and oxygen atoms in total. The van der Waals surface area contributed by atoms with Crippen LogP contribution in [0.25, 0.3) is 0 Å². The summed E-state index contributed by atoms with van der Waals surface area (Å²) in [5.74, 6) is -1.78. The molecule has 0 saturated carbocycles. The normalized spacial score (nSPS) is 16.2. The summed E-state index contributed by atoms with van der Waals surface area (Å²) < 4.78 is 36.4. The number of H-pyrrole nitrogens is 1. The van der Waals surface area contributed by atoms with Crippen molar-refractivity contribution in [1.82, 2.24) is 4.98 Å². The summed E-state index contributed by atoms with van der Waals surface area (Å²) in [6.45, 7) is 0. The van der Waals surface area contributed by atoms with Crippen molar-refractivity contribution in [3.05, 3.63) is 23.0 Å². The van der Waals surface area contributed by atoms with Crippen molar-refractivity contribution in [1.29, 1.82) is 0 Å². The fourth-order valence-corrected chi connectivity index (χ4v) is 1.88. The van der Waals surface area contributed by atoms with Crippen molar-refractivity contribution >= 4 is 5.78 Å². The summed E-state index contributed by atoms with van der Waals surface area (Å²) in [5.41, 5.74) is 1.32. The van der Waals surface area contributed by atoms with Gasteiger partial charge in [-0.05, 0) is 37.3 Å². The van der Waals surface area contributed by atoms with Crippen LogP contribution in [0.5, 0.6) is 0 Å². The predicted molar refractivity (Wildman–Crippen MR) is 47.8 cm³/mol. The first-order valence-corrected chi connectivity index (χ1v) is 4.81. The molecule has 0 aliphatic heterocycles. The number of fused-ring (bicyclic) bond motifs is 1. The van der Waals surface area contributed by atoms with E-state index in [0.29, 0.717) is 0 Å². The van der Waals surface area contributed by atoms with E-state index in [-0.39, 0.29) is 5.69 Å². The Labute approximate surface area is 84.5 Å². The number of halogens is 3. The molecule has 0 bridgehead atoms. The Kier molecular flexibility index (Phi) is 2.32. The Morgan fingerprint density at radius 1 is 1.27 bits per heavy atom. The molecule has 0 radical (unpaired) electrons. The van der Waals surface area contributed by atoms with Crippen molar-refractivity contribution in [2.75, 3.05) is 0 Å². The second-order valence-electron chi connectivity index (χ2n) is 3.72. The van der Waals surface area contributed by atoms with E-state index >= 15 is 0 Å². The van der Waals surface area contributed by atoms with Crippen molar-refractivity contribution in [3.63, 3.8) is 0 Å². The van der Waals surface area contributed by atoms with Gasteiger partial charge in [-0.3, -0.25) is 4.79 Å². The number of alkyl halides is 3. The number of rotatable bonds is 1. The summed E-state index contributed by atoms with van der Waals surface area (Å²) in [4.78, 5) is 13.5. The monoisotopic (exact) mass is 217 g/mol. The van der Waals surface area contributed by atoms with E-state index in [9.17, 15) is 18.0 Å². The van der Waals surface area contributed by atoms with E-state index in [0.717, 1.165) is 36.9 Å². The third-order valence-corrected chi connectivity index (χ3v) is 2.62. The molecule has 1 heterocycles. The summed E-state index contributed by atoms with van der Waals surface area (Å²) in [5, 5.41) is 0. The molecule has 2 rings (SSSR count). The van der Waals surface area contributed by atoms with Gasteiger partial charge in [-0.25, -0.2) is 0 Å². The number of hydrogen-bond acceptors (Lipinski definition) is 1. The number of Topliss-reactive ketones (excluding diaryl/α,β-unsaturated/α-hetero) is 1. The summed E-state index contributed by atoms with van der Waals surface area (Å²) in [6, 6.07) is 1.34. The average Bonchev–Trinajstić information content (AvgIpc) is 2.58. The first-order chi connectivity index (χ1) is 6.98. The highest BCUT2D eigenvalue weighted by Gasteiger charge is 2.40. The van der Waals surface area contributed by atoms with Crippen LogP contribution in [0.4, 0.5) is 13.2 Å². The first kappa shape index (κ1) is 10.3. The van der Waals surface area contributed by atoms with Gasteiger partial charge in [0.1, 0.15) is 0 Å². The topological polar surface area (TPSA) is 32.9 Å². The molecule has 15 heavy (non-hydrogen) atoms. The molecular weight excluding hydrogens is 207 g/mol. The predicted octanol–water partition coefficient (Wildman–Crippen LogP) is 2.64. The third kappa shape index (κ3) is 1.91. The maximum Gasteiger partial charge on any atom is 0.456 e. The van der Waals surface area contributed by atoms with Gasteiger partial charge in [-0.1, -0.05) is 0 Å². The van der Waals surface area contributed by atoms with Gasteiger partial charge >= 0.3 is 6.18 Å². The Balaban J connectivity index is 2.30. The number of aryl methyl sites for hydroxylation is 2. The van der Waals surface area contributed by atoms with Gasteiger partial charge in [0.25, 0.3) is 5.78 Å². The molecule has 1 aromatic rings. The highest BCUT2D eigenvalue weighted by atomic mass is 19.4. The van der Waals surface area contributed by atoms with Crippen LogP contribution in [0, 0.1) is 0 Å². The van der Waals surface area contributed by atoms with Gasteiger partial charge < -0.3 is 4.98 Å². The van der Waals surface area contributed by atoms with Crippen molar-refractivity contribution in [2.24, 2.45) is 0 Å². The number of aromatic amines is 1. The van der Waals surface area contributed by atoms with Gasteiger partial charge in [0.05, 0.1) is 5.69 Å². The summed E-state index contributed by atoms with van der Waals surface area (Å²) in [6.07, 6.45) is -1.34. The number of hydrogen-bond donors (Lipinski definition) is 1. The van der Waals surface area contributed by atoms with Crippen LogP contribution >= 0.6 is 0 Å². The quantitative estimate of drug-likeness (QED) is 0.720. The largest absolute Gasteiger partial charge is 0.456 e. The van der Waals surface area contributed by atoms with Crippen LogP contribution in [0.15, 0.2) is 6.07 Å². The number of ketones is 1. The molecule has 0 amide bonds. The maximum atomic E-state index is 12.1. The Morgan fingerprint density at radius 2 is 1.93 bits per heavy atom. The van der Waals surface area contributed by atoms with E-state index in [1.807, 2.05) is 0 Å². The molecule has 0 aromatic carbocycles. The Hall–Kier alpha value is -1.26. The van der Waals surface area contributed by atoms with Crippen LogP contribution in [-0.4, -0.2) is 16.9 Å². The van der Waals surface area contributed by atoms with Crippen LogP contribution < -0.4 is 0 Å². The lowest BCUT2D eigenvalue weighted by atomic mass is 9.98. The number of aromatic nitrogens is 1. The second-order valence-corrected chi connectivity index (χ2v) is 3.72. The van der Waals surface area contributed by atoms with Crippen LogP contribution in [0.1, 0.15) is 34.6 Å². The van der Waals surface area contributed by atoms with E-state index < -0.39 is 12.0 Å². The highest BCUT2D eigenvalue weighted by Crippen LogP contribution is 2.26. The zero-order chi connectivity index (χ0) is 11.1. The number of carbonyl (C=O) groups excluding carboxylic acids is 1. The molecule has 0 atom stereocenters. The summed E-state index contributed by atoms with van der Waals surface area (Å²) in [7, 11) is 0. The molecule has 0 saturated heterocycles. The Morgan fingerprint density at radius 3 is 2.53 bits per heavy atom. The van der Waals surface area contributed by atoms with E-state index in [2.05, 4.69) is 4.98 Å². The lowest BCUT2D eigenvalue weighted by Gasteiger charge is -2.08. The fraction of sp³-hybridized carbons (Fsp3) is 0.500. The summed E-state index contributed by atoms with van der Waals surface area (Å²) >= 11 is 0. The third-order valence-electron chi connectivity index (χ3n) is 2.62. The molecule has 1 aliphatic rings. The van der Waals surface area contributed by atoms with Gasteiger partial charge in [-0.15, -0.1) is 0 Å². The fourth-order valence-electron chi connectivity index (χ4n) is 1.88. The van der Waals surface area contributed by atoms with Gasteiger partial charge in [0.15, 0.2) is 0 Å². The minimum Gasteiger partial charge on any atom is -0.355 e. The van der Waals surface area contributed by atoms with Crippen LogP contribution in [0.2, 0.25) is 0 Å². The molecule has 1 N–H and O–H groups in total. The van der Waals surface area contributed by atoms with Crippen LogP contribution in [-0.2, 0) is 12.8 Å². The van der Waals surface area contributed by atoms with E-state index in [1.165, 1.54) is 6.07 Å². The Bertz CT molecular complexity index is 368. The first-order valence-electron chi connectivity index (χ1n) is 4.81. The van der Waals surface area contributed by atoms with Gasteiger partial charge in [0, 0.05) is 5.69 Å². The molecule has 0 fully saturated rings. The molecule has 82 valence electrons. The smallest absolute Gasteiger partial charge is 0.355 e. The molecule has 0 unspecified atom stereocenters. The minimum atomic E-state index is -4.78. The van der Waals surface area contributed by atoms with Gasteiger partial charge in [-0.2, -0.15) is 13.2 Å². The van der Waals surface area contributed by atoms with Crippen molar-refractivity contribution in [3.8, 4) is 0 Å². The lowest BCUT2D eigenvalue weighted by Crippen LogP contribution is -2.23. The van der Waals surface area contributed by atoms with Gasteiger partial charge in [0.2, 0.25) is 0 Å². The van der Waals surface area contributed by atoms with Crippen LogP contribution in [0.3, 0.4) is 0 Å². The maximum absolute atomic E-state index is 12.1. The second kappa shape index (κ2) is 3.40. The SMILES string of the molecule is O=C(c1cc2c([nH]1)CCCC2)C(F)(F)F. The molecular formula is C10H10F3NO. The zero-order valence-electron chi connectivity index (χ0n) is 7.95. The zero-order valence-corrected chi connectivity index (χ0v) is 7.95. The average molecular weight is 217 g/mol. The van der Waals surface area contributed by atoms with E-state index in [4.69, 9.17) is 0 Å². The number of nitrogens with one attached hydrogen (secondary N) is 1. The minimum absolute atomic E-state index is 0.325. The lowest BCUT2D eigenvalue weighted by molar-refractivity contribution is -0.0888. The molecule has 1 aliphatic carbocycles. The highest BCUT2D eigenvalue weighted by molar-refractivity contribution is 5.99. The number of carbonyl (C=O) groups is 1. The molecule has 5 heteroatoms.